The Bertz CT molecular complexity index is 945. The molecule has 0 bridgehead atoms. The molecule has 0 saturated carbocycles. The van der Waals surface area contributed by atoms with Crippen molar-refractivity contribution in [2.75, 3.05) is 13.1 Å². The molecule has 1 aromatic carbocycles. The lowest BCUT2D eigenvalue weighted by molar-refractivity contribution is -0.129. The number of carbonyl (C=O) groups is 2. The van der Waals surface area contributed by atoms with E-state index in [4.69, 9.17) is 4.74 Å². The molecule has 3 heterocycles. The number of benzene rings is 1. The minimum atomic E-state index is -0.343. The van der Waals surface area contributed by atoms with Gasteiger partial charge in [0.15, 0.2) is 0 Å². The molecule has 0 spiro atoms. The summed E-state index contributed by atoms with van der Waals surface area (Å²) in [5.74, 6) is 1.25. The second-order valence-corrected chi connectivity index (χ2v) is 10.9. The predicted octanol–water partition coefficient (Wildman–Crippen LogP) is 3.64. The van der Waals surface area contributed by atoms with Crippen LogP contribution < -0.4 is 5.32 Å². The zero-order valence-electron chi connectivity index (χ0n) is 20.5. The van der Waals surface area contributed by atoms with Crippen molar-refractivity contribution in [2.45, 2.75) is 77.6 Å². The summed E-state index contributed by atoms with van der Waals surface area (Å²) in [5.41, 5.74) is 1.90. The molecule has 1 fully saturated rings. The van der Waals surface area contributed by atoms with Gasteiger partial charge in [-0.25, -0.2) is 0 Å². The van der Waals surface area contributed by atoms with Crippen molar-refractivity contribution >= 4 is 11.8 Å². The molecule has 1 N–H and O–H groups in total. The second-order valence-electron chi connectivity index (χ2n) is 10.9. The lowest BCUT2D eigenvalue weighted by atomic mass is 10.0. The molecule has 3 atom stereocenters. The van der Waals surface area contributed by atoms with Crippen LogP contribution in [0.1, 0.15) is 53.0 Å². The van der Waals surface area contributed by atoms with Gasteiger partial charge in [-0.3, -0.25) is 9.59 Å². The minimum Gasteiger partial charge on any atom is -0.490 e. The van der Waals surface area contributed by atoms with Gasteiger partial charge < -0.3 is 19.9 Å². The Hall–Kier alpha value is -2.76. The average molecular weight is 452 g/mol. The number of likely N-dealkylation sites (tertiary alicyclic amines) is 1. The van der Waals surface area contributed by atoms with Crippen LogP contribution in [0.3, 0.4) is 0 Å². The Morgan fingerprint density at radius 1 is 1.12 bits per heavy atom. The Labute approximate surface area is 197 Å². The molecular weight excluding hydrogens is 414 g/mol. The molecule has 33 heavy (non-hydrogen) atoms. The maximum absolute atomic E-state index is 13.1. The van der Waals surface area contributed by atoms with Crippen LogP contribution >= 0.6 is 0 Å². The first-order valence-corrected chi connectivity index (χ1v) is 12.1. The Morgan fingerprint density at radius 2 is 1.85 bits per heavy atom. The number of carbonyl (C=O) groups excluding carboxylic acids is 2. The quantitative estimate of drug-likeness (QED) is 0.688. The van der Waals surface area contributed by atoms with Crippen LogP contribution in [0.15, 0.2) is 53.9 Å². The fraction of sp³-hybridized carbons (Fsp3) is 0.556. The van der Waals surface area contributed by atoms with E-state index in [0.717, 1.165) is 43.8 Å². The van der Waals surface area contributed by atoms with Crippen LogP contribution in [0.4, 0.5) is 0 Å². The lowest BCUT2D eigenvalue weighted by Crippen LogP contribution is -2.46. The summed E-state index contributed by atoms with van der Waals surface area (Å²) in [4.78, 5) is 29.7. The smallest absolute Gasteiger partial charge is 0.250 e. The summed E-state index contributed by atoms with van der Waals surface area (Å²) in [6, 6.07) is 10.3. The lowest BCUT2D eigenvalue weighted by Gasteiger charge is -2.35. The van der Waals surface area contributed by atoms with Crippen LogP contribution in [0.25, 0.3) is 0 Å². The van der Waals surface area contributed by atoms with E-state index in [1.165, 1.54) is 5.56 Å². The van der Waals surface area contributed by atoms with Gasteiger partial charge in [-0.1, -0.05) is 44.2 Å². The van der Waals surface area contributed by atoms with Crippen molar-refractivity contribution in [1.82, 2.24) is 15.1 Å². The van der Waals surface area contributed by atoms with E-state index in [0.29, 0.717) is 5.92 Å². The van der Waals surface area contributed by atoms with Gasteiger partial charge in [0.05, 0.1) is 18.1 Å². The summed E-state index contributed by atoms with van der Waals surface area (Å²) in [6.07, 6.45) is 5.96. The number of hydrogen-bond donors (Lipinski definition) is 1. The number of hydrogen-bond acceptors (Lipinski definition) is 4. The summed E-state index contributed by atoms with van der Waals surface area (Å²) >= 11 is 0. The molecule has 2 amide bonds. The van der Waals surface area contributed by atoms with Crippen molar-refractivity contribution in [1.29, 1.82) is 0 Å². The first-order chi connectivity index (χ1) is 15.6. The van der Waals surface area contributed by atoms with E-state index in [2.05, 4.69) is 36.2 Å². The number of rotatable bonds is 7. The largest absolute Gasteiger partial charge is 0.490 e. The van der Waals surface area contributed by atoms with E-state index in [1.807, 2.05) is 43.9 Å². The van der Waals surface area contributed by atoms with Gasteiger partial charge in [0.1, 0.15) is 11.4 Å². The van der Waals surface area contributed by atoms with E-state index in [1.54, 1.807) is 12.2 Å². The highest BCUT2D eigenvalue weighted by molar-refractivity contribution is 5.92. The van der Waals surface area contributed by atoms with E-state index in [9.17, 15) is 9.59 Å². The normalized spacial score (nSPS) is 25.6. The highest BCUT2D eigenvalue weighted by Gasteiger charge is 2.43. The number of nitrogens with one attached hydrogen (secondary N) is 1. The van der Waals surface area contributed by atoms with Gasteiger partial charge >= 0.3 is 0 Å². The third-order valence-corrected chi connectivity index (χ3v) is 6.46. The van der Waals surface area contributed by atoms with Gasteiger partial charge in [-0.05, 0) is 51.5 Å². The zero-order valence-corrected chi connectivity index (χ0v) is 20.5. The van der Waals surface area contributed by atoms with E-state index >= 15 is 0 Å². The molecule has 0 radical (unpaired) electrons. The maximum Gasteiger partial charge on any atom is 0.250 e. The number of nitrogens with zero attached hydrogens (tertiary/aromatic N) is 2. The van der Waals surface area contributed by atoms with Crippen molar-refractivity contribution in [3.63, 3.8) is 0 Å². The van der Waals surface area contributed by atoms with Crippen molar-refractivity contribution < 1.29 is 14.3 Å². The topological polar surface area (TPSA) is 61.9 Å². The highest BCUT2D eigenvalue weighted by atomic mass is 16.5. The Balaban J connectivity index is 1.48. The highest BCUT2D eigenvalue weighted by Crippen LogP contribution is 2.35. The van der Waals surface area contributed by atoms with Gasteiger partial charge in [0.25, 0.3) is 5.91 Å². The van der Waals surface area contributed by atoms with E-state index < -0.39 is 0 Å². The Kier molecular flexibility index (Phi) is 6.55. The molecule has 178 valence electrons. The standard InChI is InChI=1S/C27H37N3O3/c1-18(2)13-23-24(33-27(3,4)5)16-26(32)30(23)20-11-12-29(17-20)22-15-25(31)28-21(22)14-19-9-7-6-8-10-19/h6-10,15-16,18,20-21,23H,11-14,17H2,1-5H3,(H,28,31)/t20-,21-,23-/m0/s1. The van der Waals surface area contributed by atoms with Gasteiger partial charge in [0, 0.05) is 30.9 Å². The molecule has 0 unspecified atom stereocenters. The van der Waals surface area contributed by atoms with Crippen LogP contribution in [0, 0.1) is 5.92 Å². The molecule has 1 saturated heterocycles. The fourth-order valence-corrected chi connectivity index (χ4v) is 5.19. The molecule has 6 heteroatoms. The van der Waals surface area contributed by atoms with Crippen molar-refractivity contribution in [3.8, 4) is 0 Å². The third-order valence-electron chi connectivity index (χ3n) is 6.46. The molecule has 0 aromatic heterocycles. The maximum atomic E-state index is 13.1. The van der Waals surface area contributed by atoms with Crippen LogP contribution in [-0.2, 0) is 20.7 Å². The third kappa shape index (κ3) is 5.43. The van der Waals surface area contributed by atoms with Gasteiger partial charge in [-0.2, -0.15) is 0 Å². The fourth-order valence-electron chi connectivity index (χ4n) is 5.19. The predicted molar refractivity (Wildman–Crippen MR) is 129 cm³/mol. The monoisotopic (exact) mass is 451 g/mol. The summed E-state index contributed by atoms with van der Waals surface area (Å²) in [5, 5.41) is 3.11. The summed E-state index contributed by atoms with van der Waals surface area (Å²) < 4.78 is 6.22. The molecule has 1 aromatic rings. The minimum absolute atomic E-state index is 0.0286. The molecule has 4 rings (SSSR count). The SMILES string of the molecule is CC(C)C[C@H]1C(OC(C)(C)C)=CC(=O)N1[C@H]1CCN(C2=CC(=O)N[C@H]2Cc2ccccc2)C1. The summed E-state index contributed by atoms with van der Waals surface area (Å²) in [6.45, 7) is 12.0. The average Bonchev–Trinajstić information content (AvgIpc) is 3.39. The molecule has 3 aliphatic rings. The zero-order chi connectivity index (χ0) is 23.8. The van der Waals surface area contributed by atoms with Gasteiger partial charge in [-0.15, -0.1) is 0 Å². The second kappa shape index (κ2) is 9.24. The molecule has 0 aliphatic carbocycles. The van der Waals surface area contributed by atoms with Crippen molar-refractivity contribution in [3.05, 3.63) is 59.5 Å². The van der Waals surface area contributed by atoms with E-state index in [-0.39, 0.29) is 35.5 Å². The molecule has 6 nitrogen and oxygen atoms in total. The first kappa shape index (κ1) is 23.4. The van der Waals surface area contributed by atoms with Gasteiger partial charge in [0.2, 0.25) is 5.91 Å². The number of ether oxygens (including phenoxy) is 1. The summed E-state index contributed by atoms with van der Waals surface area (Å²) in [7, 11) is 0. The Morgan fingerprint density at radius 3 is 2.52 bits per heavy atom. The molecular formula is C27H37N3O3. The van der Waals surface area contributed by atoms with Crippen LogP contribution in [-0.4, -0.2) is 58.4 Å². The first-order valence-electron chi connectivity index (χ1n) is 12.1. The number of amides is 2. The van der Waals surface area contributed by atoms with Crippen LogP contribution in [0.5, 0.6) is 0 Å². The molecule has 3 aliphatic heterocycles. The van der Waals surface area contributed by atoms with Crippen LogP contribution in [0.2, 0.25) is 0 Å². The van der Waals surface area contributed by atoms with Crippen molar-refractivity contribution in [2.24, 2.45) is 5.92 Å².